The van der Waals surface area contributed by atoms with Gasteiger partial charge >= 0.3 is 0 Å². The van der Waals surface area contributed by atoms with Crippen LogP contribution in [0.5, 0.6) is 0 Å². The average molecular weight is 410 g/mol. The Morgan fingerprint density at radius 1 is 1.19 bits per heavy atom. The van der Waals surface area contributed by atoms with Crippen LogP contribution in [-0.2, 0) is 10.0 Å². The molecule has 0 fully saturated rings. The summed E-state index contributed by atoms with van der Waals surface area (Å²) in [7, 11) is -3.86. The van der Waals surface area contributed by atoms with Crippen molar-refractivity contribution in [3.63, 3.8) is 0 Å². The highest BCUT2D eigenvalue weighted by Crippen LogP contribution is 2.34. The Balaban J connectivity index is 2.46. The van der Waals surface area contributed by atoms with Crippen LogP contribution in [0.3, 0.4) is 0 Å². The summed E-state index contributed by atoms with van der Waals surface area (Å²) in [4.78, 5) is -0.122. The molecule has 0 atom stereocenters. The fraction of sp³-hybridized carbons (Fsp3) is 0.0769. The van der Waals surface area contributed by atoms with Crippen molar-refractivity contribution < 1.29 is 8.42 Å². The number of nitrogens with two attached hydrogens (primary N) is 1. The second kappa shape index (κ2) is 6.04. The van der Waals surface area contributed by atoms with Gasteiger partial charge in [-0.1, -0.05) is 39.1 Å². The smallest absolute Gasteiger partial charge is 0.263 e. The zero-order valence-electron chi connectivity index (χ0n) is 10.8. The molecule has 0 heterocycles. The van der Waals surface area contributed by atoms with Gasteiger partial charge in [0.15, 0.2) is 0 Å². The Bertz CT molecular complexity index is 790. The number of halogens is 3. The molecule has 3 N–H and O–H groups in total. The summed E-state index contributed by atoms with van der Waals surface area (Å²) >= 11 is 15.1. The molecule has 0 saturated heterocycles. The predicted molar refractivity (Wildman–Crippen MR) is 90.6 cm³/mol. The van der Waals surface area contributed by atoms with E-state index in [1.165, 1.54) is 12.1 Å². The lowest BCUT2D eigenvalue weighted by atomic mass is 10.2. The van der Waals surface area contributed by atoms with E-state index in [0.717, 1.165) is 10.0 Å². The van der Waals surface area contributed by atoms with Crippen molar-refractivity contribution in [3.8, 4) is 0 Å². The minimum atomic E-state index is -3.86. The standard InChI is InChI=1S/C13H11BrCl2N2O2S/c1-7-4-8(14)6-9(5-7)18-21(19,20)11-3-2-10(15)13(17)12(11)16/h2-6,18H,17H2,1H3. The second-order valence-corrected chi connectivity index (χ2v) is 7.75. The fourth-order valence-corrected chi connectivity index (χ4v) is 4.18. The van der Waals surface area contributed by atoms with Gasteiger partial charge in [0, 0.05) is 4.47 Å². The number of nitrogen functional groups attached to an aromatic ring is 1. The van der Waals surface area contributed by atoms with Gasteiger partial charge in [-0.15, -0.1) is 0 Å². The van der Waals surface area contributed by atoms with Crippen molar-refractivity contribution in [1.82, 2.24) is 0 Å². The van der Waals surface area contributed by atoms with Crippen molar-refractivity contribution in [1.29, 1.82) is 0 Å². The van der Waals surface area contributed by atoms with E-state index in [2.05, 4.69) is 20.7 Å². The van der Waals surface area contributed by atoms with E-state index in [-0.39, 0.29) is 20.6 Å². The molecule has 2 aromatic rings. The average Bonchev–Trinajstić information content (AvgIpc) is 2.33. The number of hydrogen-bond donors (Lipinski definition) is 2. The Morgan fingerprint density at radius 2 is 1.86 bits per heavy atom. The third kappa shape index (κ3) is 3.63. The highest BCUT2D eigenvalue weighted by atomic mass is 79.9. The van der Waals surface area contributed by atoms with E-state index in [1.54, 1.807) is 12.1 Å². The quantitative estimate of drug-likeness (QED) is 0.735. The topological polar surface area (TPSA) is 72.2 Å². The number of rotatable bonds is 3. The van der Waals surface area contributed by atoms with Crippen molar-refractivity contribution in [2.45, 2.75) is 11.8 Å². The highest BCUT2D eigenvalue weighted by Gasteiger charge is 2.21. The summed E-state index contributed by atoms with van der Waals surface area (Å²) < 4.78 is 28.0. The SMILES string of the molecule is Cc1cc(Br)cc(NS(=O)(=O)c2ccc(Cl)c(N)c2Cl)c1. The molecule has 4 nitrogen and oxygen atoms in total. The Labute approximate surface area is 141 Å². The number of nitrogens with one attached hydrogen (secondary N) is 1. The first kappa shape index (κ1) is 16.4. The van der Waals surface area contributed by atoms with Gasteiger partial charge < -0.3 is 5.73 Å². The summed E-state index contributed by atoms with van der Waals surface area (Å²) in [6.07, 6.45) is 0. The minimum Gasteiger partial charge on any atom is -0.396 e. The largest absolute Gasteiger partial charge is 0.396 e. The number of benzene rings is 2. The summed E-state index contributed by atoms with van der Waals surface area (Å²) in [5.74, 6) is 0. The van der Waals surface area contributed by atoms with E-state index in [4.69, 9.17) is 28.9 Å². The Kier molecular flexibility index (Phi) is 4.72. The van der Waals surface area contributed by atoms with Crippen LogP contribution in [0.1, 0.15) is 5.56 Å². The molecule has 0 bridgehead atoms. The van der Waals surface area contributed by atoms with Crippen LogP contribution in [0.25, 0.3) is 0 Å². The lowest BCUT2D eigenvalue weighted by Crippen LogP contribution is -2.14. The number of hydrogen-bond acceptors (Lipinski definition) is 3. The van der Waals surface area contributed by atoms with Crippen LogP contribution in [-0.4, -0.2) is 8.42 Å². The van der Waals surface area contributed by atoms with E-state index in [0.29, 0.717) is 5.69 Å². The fourth-order valence-electron chi connectivity index (χ4n) is 1.76. The molecule has 0 spiro atoms. The maximum Gasteiger partial charge on any atom is 0.263 e. The predicted octanol–water partition coefficient (Wildman–Crippen LogP) is 4.45. The van der Waals surface area contributed by atoms with Gasteiger partial charge in [-0.2, -0.15) is 0 Å². The van der Waals surface area contributed by atoms with Gasteiger partial charge in [-0.25, -0.2) is 8.42 Å². The van der Waals surface area contributed by atoms with Gasteiger partial charge in [0.1, 0.15) is 4.90 Å². The molecule has 0 saturated carbocycles. The molecular weight excluding hydrogens is 399 g/mol. The van der Waals surface area contributed by atoms with Crippen LogP contribution in [0, 0.1) is 6.92 Å². The molecule has 2 aromatic carbocycles. The molecule has 0 aromatic heterocycles. The monoisotopic (exact) mass is 408 g/mol. The molecule has 0 unspecified atom stereocenters. The third-order valence-corrected chi connectivity index (χ3v) is 5.41. The summed E-state index contributed by atoms with van der Waals surface area (Å²) in [5.41, 5.74) is 7.02. The van der Waals surface area contributed by atoms with Crippen LogP contribution in [0.2, 0.25) is 10.0 Å². The molecule has 0 aliphatic rings. The molecular formula is C13H11BrCl2N2O2S. The normalized spacial score (nSPS) is 11.4. The zero-order chi connectivity index (χ0) is 15.8. The second-order valence-electron chi connectivity index (χ2n) is 4.40. The Morgan fingerprint density at radius 3 is 2.48 bits per heavy atom. The maximum atomic E-state index is 12.4. The van der Waals surface area contributed by atoms with Gasteiger partial charge in [0.05, 0.1) is 21.4 Å². The van der Waals surface area contributed by atoms with Crippen molar-refractivity contribution in [2.75, 3.05) is 10.5 Å². The number of aryl methyl sites for hydroxylation is 1. The van der Waals surface area contributed by atoms with Crippen LogP contribution in [0.15, 0.2) is 39.7 Å². The maximum absolute atomic E-state index is 12.4. The van der Waals surface area contributed by atoms with E-state index < -0.39 is 10.0 Å². The summed E-state index contributed by atoms with van der Waals surface area (Å²) in [5, 5.41) is 0.110. The zero-order valence-corrected chi connectivity index (χ0v) is 14.7. The van der Waals surface area contributed by atoms with Gasteiger partial charge in [0.2, 0.25) is 0 Å². The third-order valence-electron chi connectivity index (χ3n) is 2.67. The van der Waals surface area contributed by atoms with Crippen LogP contribution >= 0.6 is 39.1 Å². The van der Waals surface area contributed by atoms with Gasteiger partial charge in [-0.3, -0.25) is 4.72 Å². The molecule has 0 radical (unpaired) electrons. The lowest BCUT2D eigenvalue weighted by molar-refractivity contribution is 0.601. The van der Waals surface area contributed by atoms with E-state index in [1.807, 2.05) is 13.0 Å². The van der Waals surface area contributed by atoms with Crippen LogP contribution in [0.4, 0.5) is 11.4 Å². The van der Waals surface area contributed by atoms with Crippen molar-refractivity contribution in [2.24, 2.45) is 0 Å². The molecule has 2 rings (SSSR count). The molecule has 0 aliphatic carbocycles. The first-order chi connectivity index (χ1) is 9.70. The molecule has 0 amide bonds. The number of anilines is 2. The highest BCUT2D eigenvalue weighted by molar-refractivity contribution is 9.10. The molecule has 0 aliphatic heterocycles. The minimum absolute atomic E-state index is 0.0339. The number of sulfonamides is 1. The van der Waals surface area contributed by atoms with Crippen molar-refractivity contribution in [3.05, 3.63) is 50.4 Å². The lowest BCUT2D eigenvalue weighted by Gasteiger charge is -2.12. The first-order valence-electron chi connectivity index (χ1n) is 5.74. The Hall–Kier alpha value is -0.950. The molecule has 112 valence electrons. The van der Waals surface area contributed by atoms with Gasteiger partial charge in [-0.05, 0) is 42.8 Å². The van der Waals surface area contributed by atoms with E-state index >= 15 is 0 Å². The van der Waals surface area contributed by atoms with Crippen molar-refractivity contribution >= 4 is 60.5 Å². The summed E-state index contributed by atoms with van der Waals surface area (Å²) in [6.45, 7) is 1.86. The van der Waals surface area contributed by atoms with Gasteiger partial charge in [0.25, 0.3) is 10.0 Å². The first-order valence-corrected chi connectivity index (χ1v) is 8.77. The summed E-state index contributed by atoms with van der Waals surface area (Å²) in [6, 6.07) is 7.93. The molecule has 21 heavy (non-hydrogen) atoms. The van der Waals surface area contributed by atoms with Crippen LogP contribution < -0.4 is 10.5 Å². The molecule has 8 heteroatoms. The van der Waals surface area contributed by atoms with E-state index in [9.17, 15) is 8.42 Å².